The van der Waals surface area contributed by atoms with Crippen LogP contribution in [0.3, 0.4) is 0 Å². The van der Waals surface area contributed by atoms with Gasteiger partial charge in [0.15, 0.2) is 0 Å². The van der Waals surface area contributed by atoms with E-state index in [1.54, 1.807) is 0 Å². The lowest BCUT2D eigenvalue weighted by Gasteiger charge is -2.20. The van der Waals surface area contributed by atoms with Crippen molar-refractivity contribution in [1.82, 2.24) is 5.32 Å². The van der Waals surface area contributed by atoms with Gasteiger partial charge in [-0.2, -0.15) is 13.2 Å². The van der Waals surface area contributed by atoms with E-state index in [2.05, 4.69) is 5.32 Å². The van der Waals surface area contributed by atoms with Crippen molar-refractivity contribution >= 4 is 0 Å². The van der Waals surface area contributed by atoms with E-state index in [0.29, 0.717) is 13.2 Å². The minimum absolute atomic E-state index is 0.220. The second kappa shape index (κ2) is 7.13. The number of benzene rings is 1. The first-order chi connectivity index (χ1) is 9.97. The average molecular weight is 303 g/mol. The van der Waals surface area contributed by atoms with Crippen LogP contribution in [-0.4, -0.2) is 31.9 Å². The SMILES string of the molecule is CC(NCCOc1cccc(C(F)(F)F)c1)C1CCCO1. The Morgan fingerprint density at radius 2 is 2.24 bits per heavy atom. The van der Waals surface area contributed by atoms with Gasteiger partial charge in [0.25, 0.3) is 0 Å². The highest BCUT2D eigenvalue weighted by Crippen LogP contribution is 2.31. The van der Waals surface area contributed by atoms with Gasteiger partial charge in [-0.1, -0.05) is 6.07 Å². The molecule has 0 aromatic heterocycles. The highest BCUT2D eigenvalue weighted by molar-refractivity contribution is 5.30. The summed E-state index contributed by atoms with van der Waals surface area (Å²) in [6.45, 7) is 3.73. The number of alkyl halides is 3. The van der Waals surface area contributed by atoms with Crippen LogP contribution < -0.4 is 10.1 Å². The van der Waals surface area contributed by atoms with Crippen LogP contribution in [0.25, 0.3) is 0 Å². The molecule has 21 heavy (non-hydrogen) atoms. The van der Waals surface area contributed by atoms with Gasteiger partial charge in [-0.15, -0.1) is 0 Å². The Labute approximate surface area is 122 Å². The van der Waals surface area contributed by atoms with E-state index in [-0.39, 0.29) is 17.9 Å². The molecule has 1 fully saturated rings. The maximum Gasteiger partial charge on any atom is 0.416 e. The fourth-order valence-corrected chi connectivity index (χ4v) is 2.35. The van der Waals surface area contributed by atoms with E-state index >= 15 is 0 Å². The van der Waals surface area contributed by atoms with Crippen LogP contribution in [0.1, 0.15) is 25.3 Å². The number of halogens is 3. The topological polar surface area (TPSA) is 30.5 Å². The molecule has 1 saturated heterocycles. The van der Waals surface area contributed by atoms with Crippen LogP contribution in [0.15, 0.2) is 24.3 Å². The van der Waals surface area contributed by atoms with E-state index in [0.717, 1.165) is 31.6 Å². The molecule has 0 amide bonds. The van der Waals surface area contributed by atoms with Crippen molar-refractivity contribution in [2.75, 3.05) is 19.8 Å². The minimum atomic E-state index is -4.34. The Kier molecular flexibility index (Phi) is 5.47. The summed E-state index contributed by atoms with van der Waals surface area (Å²) in [6, 6.07) is 5.14. The smallest absolute Gasteiger partial charge is 0.416 e. The highest BCUT2D eigenvalue weighted by Gasteiger charge is 2.30. The van der Waals surface area contributed by atoms with Crippen molar-refractivity contribution in [1.29, 1.82) is 0 Å². The summed E-state index contributed by atoms with van der Waals surface area (Å²) in [5, 5.41) is 3.27. The Morgan fingerprint density at radius 1 is 1.43 bits per heavy atom. The molecular weight excluding hydrogens is 283 g/mol. The van der Waals surface area contributed by atoms with Crippen LogP contribution in [0, 0.1) is 0 Å². The predicted molar refractivity (Wildman–Crippen MR) is 73.4 cm³/mol. The molecule has 1 heterocycles. The molecular formula is C15H20F3NO2. The van der Waals surface area contributed by atoms with Gasteiger partial charge in [0.1, 0.15) is 12.4 Å². The monoisotopic (exact) mass is 303 g/mol. The fourth-order valence-electron chi connectivity index (χ4n) is 2.35. The Hall–Kier alpha value is -1.27. The molecule has 1 aliphatic heterocycles. The summed E-state index contributed by atoms with van der Waals surface area (Å²) >= 11 is 0. The molecule has 2 rings (SSSR count). The molecule has 6 heteroatoms. The molecule has 118 valence electrons. The first-order valence-corrected chi connectivity index (χ1v) is 7.12. The average Bonchev–Trinajstić information content (AvgIpc) is 2.97. The number of hydrogen-bond donors (Lipinski definition) is 1. The zero-order valence-corrected chi connectivity index (χ0v) is 12.0. The van der Waals surface area contributed by atoms with Crippen molar-refractivity contribution < 1.29 is 22.6 Å². The maximum absolute atomic E-state index is 12.6. The van der Waals surface area contributed by atoms with Crippen molar-refractivity contribution in [2.24, 2.45) is 0 Å². The van der Waals surface area contributed by atoms with E-state index in [9.17, 15) is 13.2 Å². The molecule has 2 atom stereocenters. The zero-order valence-electron chi connectivity index (χ0n) is 12.0. The van der Waals surface area contributed by atoms with Crippen molar-refractivity contribution in [3.8, 4) is 5.75 Å². The first-order valence-electron chi connectivity index (χ1n) is 7.12. The fraction of sp³-hybridized carbons (Fsp3) is 0.600. The van der Waals surface area contributed by atoms with E-state index in [1.807, 2.05) is 6.92 Å². The van der Waals surface area contributed by atoms with Crippen LogP contribution in [0.2, 0.25) is 0 Å². The molecule has 0 spiro atoms. The lowest BCUT2D eigenvalue weighted by atomic mass is 10.1. The molecule has 0 aliphatic carbocycles. The summed E-state index contributed by atoms with van der Waals surface area (Å²) < 4.78 is 48.6. The lowest BCUT2D eigenvalue weighted by Crippen LogP contribution is -2.39. The summed E-state index contributed by atoms with van der Waals surface area (Å²) in [6.07, 6.45) is -2.00. The molecule has 1 aromatic carbocycles. The molecule has 2 unspecified atom stereocenters. The van der Waals surface area contributed by atoms with Crippen molar-refractivity contribution in [3.05, 3.63) is 29.8 Å². The van der Waals surface area contributed by atoms with Gasteiger partial charge in [0.05, 0.1) is 11.7 Å². The largest absolute Gasteiger partial charge is 0.492 e. The van der Waals surface area contributed by atoms with Crippen LogP contribution in [0.4, 0.5) is 13.2 Å². The molecule has 1 aromatic rings. The summed E-state index contributed by atoms with van der Waals surface area (Å²) in [5.74, 6) is 0.233. The predicted octanol–water partition coefficient (Wildman–Crippen LogP) is 3.24. The number of rotatable bonds is 6. The zero-order chi connectivity index (χ0) is 15.3. The van der Waals surface area contributed by atoms with Gasteiger partial charge in [0, 0.05) is 19.2 Å². The number of ether oxygens (including phenoxy) is 2. The van der Waals surface area contributed by atoms with Crippen LogP contribution >= 0.6 is 0 Å². The number of nitrogens with one attached hydrogen (secondary N) is 1. The molecule has 0 radical (unpaired) electrons. The van der Waals surface area contributed by atoms with E-state index in [1.165, 1.54) is 12.1 Å². The van der Waals surface area contributed by atoms with Gasteiger partial charge in [-0.25, -0.2) is 0 Å². The Morgan fingerprint density at radius 3 is 2.90 bits per heavy atom. The molecule has 0 saturated carbocycles. The molecule has 0 bridgehead atoms. The number of hydrogen-bond acceptors (Lipinski definition) is 3. The van der Waals surface area contributed by atoms with Crippen molar-refractivity contribution in [2.45, 2.75) is 38.1 Å². The Balaban J connectivity index is 1.73. The van der Waals surface area contributed by atoms with Gasteiger partial charge < -0.3 is 14.8 Å². The van der Waals surface area contributed by atoms with Gasteiger partial charge in [0.2, 0.25) is 0 Å². The molecule has 1 N–H and O–H groups in total. The van der Waals surface area contributed by atoms with E-state index < -0.39 is 11.7 Å². The molecule has 1 aliphatic rings. The highest BCUT2D eigenvalue weighted by atomic mass is 19.4. The van der Waals surface area contributed by atoms with E-state index in [4.69, 9.17) is 9.47 Å². The van der Waals surface area contributed by atoms with Crippen LogP contribution in [0.5, 0.6) is 5.75 Å². The third-order valence-corrected chi connectivity index (χ3v) is 3.52. The first kappa shape index (κ1) is 16.1. The quantitative estimate of drug-likeness (QED) is 0.818. The summed E-state index contributed by atoms with van der Waals surface area (Å²) in [5.41, 5.74) is -0.694. The standard InChI is InChI=1S/C15H20F3NO2/c1-11(14-6-3-8-21-14)19-7-9-20-13-5-2-4-12(10-13)15(16,17)18/h2,4-5,10-11,14,19H,3,6-9H2,1H3. The third-order valence-electron chi connectivity index (χ3n) is 3.52. The lowest BCUT2D eigenvalue weighted by molar-refractivity contribution is -0.137. The minimum Gasteiger partial charge on any atom is -0.492 e. The summed E-state index contributed by atoms with van der Waals surface area (Å²) in [7, 11) is 0. The normalized spacial score (nSPS) is 20.5. The van der Waals surface area contributed by atoms with Crippen molar-refractivity contribution in [3.63, 3.8) is 0 Å². The maximum atomic E-state index is 12.6. The third kappa shape index (κ3) is 4.89. The second-order valence-electron chi connectivity index (χ2n) is 5.17. The molecule has 3 nitrogen and oxygen atoms in total. The van der Waals surface area contributed by atoms with Gasteiger partial charge in [-0.3, -0.25) is 0 Å². The second-order valence-corrected chi connectivity index (χ2v) is 5.17. The Bertz CT molecular complexity index is 445. The van der Waals surface area contributed by atoms with Gasteiger partial charge >= 0.3 is 6.18 Å². The van der Waals surface area contributed by atoms with Gasteiger partial charge in [-0.05, 0) is 38.0 Å². The van der Waals surface area contributed by atoms with Crippen LogP contribution in [-0.2, 0) is 10.9 Å². The summed E-state index contributed by atoms with van der Waals surface area (Å²) in [4.78, 5) is 0.